The third-order valence-corrected chi connectivity index (χ3v) is 3.98. The number of sulfonamides is 2. The molecule has 160 valence electrons. The molecule has 13 heteroatoms. The summed E-state index contributed by atoms with van der Waals surface area (Å²) in [5.74, 6) is -1.53. The minimum atomic E-state index is -3.50. The summed E-state index contributed by atoms with van der Waals surface area (Å²) in [6.07, 6.45) is 1.87. The second kappa shape index (κ2) is 12.0. The molecule has 0 saturated carbocycles. The molecule has 0 spiro atoms. The summed E-state index contributed by atoms with van der Waals surface area (Å²) in [6.45, 7) is 0. The number of carboxylic acid groups (broad SMARTS) is 1. The summed E-state index contributed by atoms with van der Waals surface area (Å²) in [5, 5.41) is 12.8. The number of halogens is 2. The van der Waals surface area contributed by atoms with Crippen LogP contribution in [0.3, 0.4) is 0 Å². The quantitative estimate of drug-likeness (QED) is 0.507. The lowest BCUT2D eigenvalue weighted by Crippen LogP contribution is -2.29. The molecule has 0 aromatic heterocycles. The van der Waals surface area contributed by atoms with E-state index in [9.17, 15) is 26.4 Å². The van der Waals surface area contributed by atoms with Crippen molar-refractivity contribution in [3.8, 4) is 0 Å². The van der Waals surface area contributed by atoms with E-state index in [1.807, 2.05) is 4.72 Å². The first-order chi connectivity index (χ1) is 13.1. The Kier molecular flexibility index (Phi) is 11.3. The summed E-state index contributed by atoms with van der Waals surface area (Å²) < 4.78 is 43.7. The van der Waals surface area contributed by atoms with E-state index in [-0.39, 0.29) is 0 Å². The van der Waals surface area contributed by atoms with E-state index >= 15 is 0 Å². The molecule has 0 radical (unpaired) electrons. The lowest BCUT2D eigenvalue weighted by atomic mass is 10.2. The van der Waals surface area contributed by atoms with E-state index in [1.54, 1.807) is 42.5 Å². The number of hydrogen-bond donors (Lipinski definition) is 3. The van der Waals surface area contributed by atoms with Gasteiger partial charge >= 0.3 is 5.97 Å². The highest BCUT2D eigenvalue weighted by Gasteiger charge is 2.10. The Morgan fingerprint density at radius 3 is 1.59 bits per heavy atom. The molecule has 4 N–H and O–H groups in total. The average Bonchev–Trinajstić information content (AvgIpc) is 2.52. The Labute approximate surface area is 185 Å². The van der Waals surface area contributed by atoms with Crippen molar-refractivity contribution in [3.05, 3.63) is 68.6 Å². The van der Waals surface area contributed by atoms with E-state index in [4.69, 9.17) is 5.11 Å². The summed E-state index contributed by atoms with van der Waals surface area (Å²) in [4.78, 5) is 21.6. The lowest BCUT2D eigenvalue weighted by molar-refractivity contribution is 0.0696. The highest BCUT2D eigenvalue weighted by atomic mass is 79.9. The maximum atomic E-state index is 11.3. The molecule has 0 aliphatic carbocycles. The first kappa shape index (κ1) is 27.2. The van der Waals surface area contributed by atoms with Crippen LogP contribution in [0.4, 0.5) is 0 Å². The Bertz CT molecular complexity index is 1060. The standard InChI is InChI=1S/C8H8BrNO3S.C7H5BrO2.CH5NO2S/c1-14(12,13)10-8(11)6-3-2-4-7(9)5-6;8-6-3-1-2-5(4-6)7(9)10;1-5(2,3)4/h2-5H,1H3,(H,10,11);1-4H,(H,9,10);1H3,(H2,2,3,4). The number of carbonyl (C=O) groups excluding carboxylic acids is 1. The molecule has 0 unspecified atom stereocenters. The van der Waals surface area contributed by atoms with E-state index in [1.165, 1.54) is 6.07 Å². The largest absolute Gasteiger partial charge is 0.478 e. The highest BCUT2D eigenvalue weighted by molar-refractivity contribution is 9.10. The number of hydrogen-bond acceptors (Lipinski definition) is 6. The van der Waals surface area contributed by atoms with Gasteiger partial charge in [0, 0.05) is 14.5 Å². The Hall–Kier alpha value is -1.80. The lowest BCUT2D eigenvalue weighted by Gasteiger charge is -2.02. The van der Waals surface area contributed by atoms with Crippen LogP contribution in [0.25, 0.3) is 0 Å². The minimum absolute atomic E-state index is 0.296. The molecule has 1 amide bonds. The fourth-order valence-electron chi connectivity index (χ4n) is 1.48. The van der Waals surface area contributed by atoms with E-state index < -0.39 is 31.9 Å². The summed E-state index contributed by atoms with van der Waals surface area (Å²) in [5.41, 5.74) is 0.596. The van der Waals surface area contributed by atoms with Crippen LogP contribution in [0.1, 0.15) is 20.7 Å². The van der Waals surface area contributed by atoms with Crippen molar-refractivity contribution < 1.29 is 31.5 Å². The van der Waals surface area contributed by atoms with Crippen LogP contribution in [0.5, 0.6) is 0 Å². The van der Waals surface area contributed by atoms with Crippen LogP contribution in [0.2, 0.25) is 0 Å². The molecular formula is C16H18Br2N2O7S2. The van der Waals surface area contributed by atoms with Gasteiger partial charge in [-0.15, -0.1) is 0 Å². The van der Waals surface area contributed by atoms with E-state index in [2.05, 4.69) is 37.0 Å². The maximum absolute atomic E-state index is 11.3. The molecular weight excluding hydrogens is 556 g/mol. The molecule has 29 heavy (non-hydrogen) atoms. The first-order valence-corrected chi connectivity index (χ1v) is 12.8. The van der Waals surface area contributed by atoms with Crippen LogP contribution in [0.15, 0.2) is 57.5 Å². The van der Waals surface area contributed by atoms with Crippen molar-refractivity contribution >= 4 is 63.8 Å². The fourth-order valence-corrected chi connectivity index (χ4v) is 2.73. The van der Waals surface area contributed by atoms with Gasteiger partial charge in [-0.3, -0.25) is 4.79 Å². The van der Waals surface area contributed by atoms with Crippen molar-refractivity contribution in [2.75, 3.05) is 12.5 Å². The zero-order chi connectivity index (χ0) is 22.8. The van der Waals surface area contributed by atoms with Crippen molar-refractivity contribution in [2.24, 2.45) is 5.14 Å². The summed E-state index contributed by atoms with van der Waals surface area (Å²) >= 11 is 6.35. The van der Waals surface area contributed by atoms with Gasteiger partial charge in [0.15, 0.2) is 0 Å². The van der Waals surface area contributed by atoms with Crippen LogP contribution < -0.4 is 9.86 Å². The molecule has 0 aliphatic heterocycles. The molecule has 2 rings (SSSR count). The number of rotatable bonds is 3. The predicted octanol–water partition coefficient (Wildman–Crippen LogP) is 2.19. The van der Waals surface area contributed by atoms with Gasteiger partial charge in [-0.2, -0.15) is 0 Å². The number of primary sulfonamides is 1. The van der Waals surface area contributed by atoms with Crippen LogP contribution in [-0.4, -0.2) is 46.3 Å². The zero-order valence-corrected chi connectivity index (χ0v) is 20.0. The molecule has 2 aromatic carbocycles. The zero-order valence-electron chi connectivity index (χ0n) is 15.2. The molecule has 0 atom stereocenters. The van der Waals surface area contributed by atoms with Gasteiger partial charge in [-0.1, -0.05) is 44.0 Å². The second-order valence-electron chi connectivity index (χ2n) is 5.36. The van der Waals surface area contributed by atoms with Gasteiger partial charge in [-0.05, 0) is 36.4 Å². The Morgan fingerprint density at radius 1 is 0.897 bits per heavy atom. The van der Waals surface area contributed by atoms with Crippen LogP contribution >= 0.6 is 31.9 Å². The van der Waals surface area contributed by atoms with Crippen molar-refractivity contribution in [3.63, 3.8) is 0 Å². The van der Waals surface area contributed by atoms with Crippen LogP contribution in [-0.2, 0) is 20.0 Å². The number of benzene rings is 2. The van der Waals surface area contributed by atoms with E-state index in [0.29, 0.717) is 11.1 Å². The first-order valence-electron chi connectivity index (χ1n) is 7.33. The van der Waals surface area contributed by atoms with Gasteiger partial charge in [-0.25, -0.2) is 31.5 Å². The van der Waals surface area contributed by atoms with Gasteiger partial charge in [0.2, 0.25) is 20.0 Å². The minimum Gasteiger partial charge on any atom is -0.478 e. The number of nitrogens with one attached hydrogen (secondary N) is 1. The van der Waals surface area contributed by atoms with Crippen molar-refractivity contribution in [1.82, 2.24) is 4.72 Å². The molecule has 0 bridgehead atoms. The monoisotopic (exact) mass is 572 g/mol. The molecule has 0 fully saturated rings. The van der Waals surface area contributed by atoms with Gasteiger partial charge in [0.05, 0.1) is 18.1 Å². The van der Waals surface area contributed by atoms with Gasteiger partial charge in [0.25, 0.3) is 5.91 Å². The summed E-state index contributed by atoms with van der Waals surface area (Å²) in [6, 6.07) is 13.1. The van der Waals surface area contributed by atoms with Crippen molar-refractivity contribution in [1.29, 1.82) is 0 Å². The highest BCUT2D eigenvalue weighted by Crippen LogP contribution is 2.12. The molecule has 0 aliphatic rings. The topological polar surface area (TPSA) is 161 Å². The molecule has 0 saturated heterocycles. The average molecular weight is 574 g/mol. The van der Waals surface area contributed by atoms with E-state index in [0.717, 1.165) is 21.5 Å². The van der Waals surface area contributed by atoms with Crippen molar-refractivity contribution in [2.45, 2.75) is 0 Å². The number of carbonyl (C=O) groups is 2. The number of nitrogens with two attached hydrogens (primary N) is 1. The maximum Gasteiger partial charge on any atom is 0.335 e. The third kappa shape index (κ3) is 15.8. The number of amides is 1. The normalized spacial score (nSPS) is 10.5. The third-order valence-electron chi connectivity index (χ3n) is 2.44. The predicted molar refractivity (Wildman–Crippen MR) is 117 cm³/mol. The Balaban J connectivity index is 0.000000455. The number of aromatic carboxylic acids is 1. The summed E-state index contributed by atoms with van der Waals surface area (Å²) in [7, 11) is -6.67. The smallest absolute Gasteiger partial charge is 0.335 e. The second-order valence-corrected chi connectivity index (χ2v) is 10.6. The van der Waals surface area contributed by atoms with Gasteiger partial charge < -0.3 is 5.11 Å². The fraction of sp³-hybridized carbons (Fsp3) is 0.125. The Morgan fingerprint density at radius 2 is 1.28 bits per heavy atom. The van der Waals surface area contributed by atoms with Crippen LogP contribution in [0, 0.1) is 0 Å². The molecule has 2 aromatic rings. The number of carboxylic acids is 1. The van der Waals surface area contributed by atoms with Gasteiger partial charge in [0.1, 0.15) is 0 Å². The molecule has 0 heterocycles. The molecule has 9 nitrogen and oxygen atoms in total. The SMILES string of the molecule is CS(=O)(=O)NC(=O)c1cccc(Br)c1.CS(N)(=O)=O.O=C(O)c1cccc(Br)c1.